The van der Waals surface area contributed by atoms with E-state index in [9.17, 15) is 4.79 Å². The van der Waals surface area contributed by atoms with Crippen molar-refractivity contribution in [1.29, 1.82) is 0 Å². The molecule has 0 aliphatic carbocycles. The fourth-order valence-electron chi connectivity index (χ4n) is 1.55. The third-order valence-electron chi connectivity index (χ3n) is 2.22. The van der Waals surface area contributed by atoms with Gasteiger partial charge in [-0.15, -0.1) is 5.10 Å². The number of amides is 1. The van der Waals surface area contributed by atoms with Gasteiger partial charge in [0.15, 0.2) is 5.65 Å². The highest BCUT2D eigenvalue weighted by atomic mass is 35.5. The summed E-state index contributed by atoms with van der Waals surface area (Å²) >= 11 is 5.85. The van der Waals surface area contributed by atoms with Gasteiger partial charge in [-0.1, -0.05) is 11.6 Å². The molecule has 2 rings (SSSR count). The van der Waals surface area contributed by atoms with Crippen LogP contribution in [0.4, 0.5) is 5.95 Å². The Labute approximate surface area is 116 Å². The van der Waals surface area contributed by atoms with Crippen LogP contribution in [0, 0.1) is 0 Å². The monoisotopic (exact) mass is 281 g/mol. The van der Waals surface area contributed by atoms with Gasteiger partial charge in [0.25, 0.3) is 0 Å². The number of pyridine rings is 1. The lowest BCUT2D eigenvalue weighted by molar-refractivity contribution is -0.120. The van der Waals surface area contributed by atoms with Crippen LogP contribution in [0.2, 0.25) is 5.02 Å². The second kappa shape index (κ2) is 5.05. The molecule has 0 aromatic carbocycles. The smallest absolute Gasteiger partial charge is 0.243 e. The second-order valence-corrected chi connectivity index (χ2v) is 5.67. The number of hydrogen-bond acceptors (Lipinski definition) is 4. The number of hydrogen-bond donors (Lipinski definition) is 2. The number of aromatic nitrogens is 3. The van der Waals surface area contributed by atoms with Crippen LogP contribution in [0.25, 0.3) is 5.65 Å². The molecule has 0 atom stereocenters. The molecular formula is C12H16ClN5O. The molecule has 0 saturated heterocycles. The van der Waals surface area contributed by atoms with Crippen molar-refractivity contribution in [3.05, 3.63) is 23.4 Å². The molecule has 0 aliphatic rings. The molecule has 2 aromatic heterocycles. The number of rotatable bonds is 3. The first-order chi connectivity index (χ1) is 8.83. The van der Waals surface area contributed by atoms with Crippen molar-refractivity contribution < 1.29 is 4.79 Å². The quantitative estimate of drug-likeness (QED) is 0.898. The molecule has 0 unspecified atom stereocenters. The van der Waals surface area contributed by atoms with Crippen LogP contribution in [-0.2, 0) is 4.79 Å². The highest BCUT2D eigenvalue weighted by Crippen LogP contribution is 2.11. The van der Waals surface area contributed by atoms with E-state index < -0.39 is 0 Å². The summed E-state index contributed by atoms with van der Waals surface area (Å²) in [6, 6.07) is 3.50. The van der Waals surface area contributed by atoms with Crippen LogP contribution >= 0.6 is 11.6 Å². The van der Waals surface area contributed by atoms with E-state index in [1.54, 1.807) is 22.8 Å². The summed E-state index contributed by atoms with van der Waals surface area (Å²) in [4.78, 5) is 15.9. The normalized spacial score (nSPS) is 11.6. The molecule has 0 fully saturated rings. The predicted octanol–water partition coefficient (Wildman–Crippen LogP) is 1.71. The van der Waals surface area contributed by atoms with Crippen LogP contribution in [0.3, 0.4) is 0 Å². The van der Waals surface area contributed by atoms with Crippen LogP contribution in [0.1, 0.15) is 20.8 Å². The van der Waals surface area contributed by atoms with E-state index >= 15 is 0 Å². The molecule has 2 aromatic rings. The Hall–Kier alpha value is -1.82. The third-order valence-corrected chi connectivity index (χ3v) is 2.44. The average molecular weight is 282 g/mol. The van der Waals surface area contributed by atoms with Crippen LogP contribution in [0.15, 0.2) is 18.3 Å². The van der Waals surface area contributed by atoms with Crippen molar-refractivity contribution in [3.63, 3.8) is 0 Å². The fraction of sp³-hybridized carbons (Fsp3) is 0.417. The topological polar surface area (TPSA) is 71.3 Å². The average Bonchev–Trinajstić information content (AvgIpc) is 2.66. The number of carbonyl (C=O) groups is 1. The maximum atomic E-state index is 11.6. The number of halogens is 1. The van der Waals surface area contributed by atoms with Crippen molar-refractivity contribution in [3.8, 4) is 0 Å². The minimum Gasteiger partial charge on any atom is -0.350 e. The summed E-state index contributed by atoms with van der Waals surface area (Å²) in [5.41, 5.74) is 0.418. The third kappa shape index (κ3) is 3.82. The van der Waals surface area contributed by atoms with Gasteiger partial charge in [0.1, 0.15) is 0 Å². The van der Waals surface area contributed by atoms with Gasteiger partial charge in [0.2, 0.25) is 11.9 Å². The molecular weight excluding hydrogens is 266 g/mol. The van der Waals surface area contributed by atoms with Gasteiger partial charge in [-0.3, -0.25) is 4.79 Å². The van der Waals surface area contributed by atoms with Crippen molar-refractivity contribution in [2.45, 2.75) is 26.3 Å². The Morgan fingerprint density at radius 1 is 1.42 bits per heavy atom. The van der Waals surface area contributed by atoms with Gasteiger partial charge >= 0.3 is 0 Å². The summed E-state index contributed by atoms with van der Waals surface area (Å²) in [6.45, 7) is 5.91. The number of nitrogens with zero attached hydrogens (tertiary/aromatic N) is 3. The van der Waals surface area contributed by atoms with E-state index in [-0.39, 0.29) is 18.0 Å². The maximum Gasteiger partial charge on any atom is 0.243 e. The molecule has 0 aliphatic heterocycles. The Bertz CT molecular complexity index is 602. The maximum absolute atomic E-state index is 11.6. The highest BCUT2D eigenvalue weighted by Gasteiger charge is 2.13. The largest absolute Gasteiger partial charge is 0.350 e. The lowest BCUT2D eigenvalue weighted by atomic mass is 10.1. The number of anilines is 1. The zero-order valence-electron chi connectivity index (χ0n) is 11.1. The van der Waals surface area contributed by atoms with E-state index in [0.29, 0.717) is 16.6 Å². The molecule has 2 heterocycles. The number of nitrogens with one attached hydrogen (secondary N) is 2. The van der Waals surface area contributed by atoms with E-state index in [2.05, 4.69) is 20.7 Å². The van der Waals surface area contributed by atoms with Gasteiger partial charge in [0.05, 0.1) is 11.6 Å². The van der Waals surface area contributed by atoms with Crippen molar-refractivity contribution >= 4 is 29.1 Å². The molecule has 0 radical (unpaired) electrons. The van der Waals surface area contributed by atoms with Gasteiger partial charge in [0, 0.05) is 11.7 Å². The van der Waals surface area contributed by atoms with Crippen molar-refractivity contribution in [1.82, 2.24) is 19.9 Å². The molecule has 0 spiro atoms. The molecule has 0 bridgehead atoms. The zero-order valence-corrected chi connectivity index (χ0v) is 11.8. The predicted molar refractivity (Wildman–Crippen MR) is 74.4 cm³/mol. The Morgan fingerprint density at radius 3 is 2.84 bits per heavy atom. The van der Waals surface area contributed by atoms with E-state index in [4.69, 9.17) is 11.6 Å². The summed E-state index contributed by atoms with van der Waals surface area (Å²) in [6.07, 6.45) is 1.66. The van der Waals surface area contributed by atoms with Crippen LogP contribution in [-0.4, -0.2) is 32.6 Å². The Morgan fingerprint density at radius 2 is 2.16 bits per heavy atom. The minimum absolute atomic E-state index is 0.107. The highest BCUT2D eigenvalue weighted by molar-refractivity contribution is 6.30. The lowest BCUT2D eigenvalue weighted by Crippen LogP contribution is -2.43. The second-order valence-electron chi connectivity index (χ2n) is 5.24. The fourth-order valence-corrected chi connectivity index (χ4v) is 1.71. The summed E-state index contributed by atoms with van der Waals surface area (Å²) in [5.74, 6) is 0.288. The van der Waals surface area contributed by atoms with Crippen LogP contribution in [0.5, 0.6) is 0 Å². The summed E-state index contributed by atoms with van der Waals surface area (Å²) in [5, 5.41) is 10.5. The lowest BCUT2D eigenvalue weighted by Gasteiger charge is -2.20. The van der Waals surface area contributed by atoms with Gasteiger partial charge < -0.3 is 10.6 Å². The molecule has 1 amide bonds. The van der Waals surface area contributed by atoms with Gasteiger partial charge in [-0.25, -0.2) is 4.52 Å². The summed E-state index contributed by atoms with van der Waals surface area (Å²) < 4.78 is 1.56. The van der Waals surface area contributed by atoms with Gasteiger partial charge in [-0.05, 0) is 32.9 Å². The van der Waals surface area contributed by atoms with Crippen molar-refractivity contribution in [2.24, 2.45) is 0 Å². The minimum atomic E-state index is -0.251. The molecule has 2 N–H and O–H groups in total. The van der Waals surface area contributed by atoms with Crippen LogP contribution < -0.4 is 10.6 Å². The van der Waals surface area contributed by atoms with E-state index in [0.717, 1.165) is 0 Å². The summed E-state index contributed by atoms with van der Waals surface area (Å²) in [7, 11) is 0. The first-order valence-electron chi connectivity index (χ1n) is 5.90. The Kier molecular flexibility index (Phi) is 3.61. The zero-order chi connectivity index (χ0) is 14.0. The van der Waals surface area contributed by atoms with E-state index in [1.165, 1.54) is 0 Å². The first kappa shape index (κ1) is 13.6. The molecule has 6 nitrogen and oxygen atoms in total. The van der Waals surface area contributed by atoms with Crippen molar-refractivity contribution in [2.75, 3.05) is 11.9 Å². The number of fused-ring (bicyclic) bond motifs is 1. The first-order valence-corrected chi connectivity index (χ1v) is 6.28. The number of carbonyl (C=O) groups excluding carboxylic acids is 1. The molecule has 102 valence electrons. The molecule has 19 heavy (non-hydrogen) atoms. The SMILES string of the molecule is CC(C)(C)NC(=O)CNc1nc2ccc(Cl)cn2n1. The molecule has 0 saturated carbocycles. The Balaban J connectivity index is 2.00. The van der Waals surface area contributed by atoms with E-state index in [1.807, 2.05) is 20.8 Å². The standard InChI is InChI=1S/C12H16ClN5O/c1-12(2,3)16-10(19)6-14-11-15-9-5-4-8(13)7-18(9)17-11/h4-5,7H,6H2,1-3H3,(H,14,17)(H,16,19). The molecule has 7 heteroatoms. The van der Waals surface area contributed by atoms with Gasteiger partial charge in [-0.2, -0.15) is 4.98 Å².